The van der Waals surface area contributed by atoms with Crippen molar-refractivity contribution in [1.29, 1.82) is 0 Å². The molecule has 136 valence electrons. The van der Waals surface area contributed by atoms with E-state index in [9.17, 15) is 0 Å². The van der Waals surface area contributed by atoms with Crippen molar-refractivity contribution >= 4 is 0 Å². The molecule has 3 nitrogen and oxygen atoms in total. The van der Waals surface area contributed by atoms with Crippen molar-refractivity contribution in [3.63, 3.8) is 0 Å². The van der Waals surface area contributed by atoms with Gasteiger partial charge in [-0.3, -0.25) is 4.90 Å². The summed E-state index contributed by atoms with van der Waals surface area (Å²) in [5.74, 6) is 1.92. The van der Waals surface area contributed by atoms with E-state index < -0.39 is 0 Å². The summed E-state index contributed by atoms with van der Waals surface area (Å²) < 4.78 is 12.2. The van der Waals surface area contributed by atoms with Crippen molar-refractivity contribution in [2.75, 3.05) is 26.8 Å². The zero-order valence-electron chi connectivity index (χ0n) is 15.7. The molecule has 1 aromatic carbocycles. The molecule has 2 bridgehead atoms. The van der Waals surface area contributed by atoms with E-state index in [0.717, 1.165) is 24.7 Å². The maximum absolute atomic E-state index is 6.64. The largest absolute Gasteiger partial charge is 0.497 e. The SMILES string of the molecule is COc1ccc2c(c1)[C@@]13CCCO[C@@]1(C)[C@@H](C2)N(CC1CCC1)CC3. The van der Waals surface area contributed by atoms with Gasteiger partial charge in [-0.25, -0.2) is 0 Å². The number of benzene rings is 1. The number of ether oxygens (including phenoxy) is 2. The van der Waals surface area contributed by atoms with Crippen molar-refractivity contribution in [2.45, 2.75) is 68.9 Å². The van der Waals surface area contributed by atoms with Crippen LogP contribution < -0.4 is 4.74 Å². The zero-order chi connectivity index (χ0) is 17.1. The lowest BCUT2D eigenvalue weighted by molar-refractivity contribution is -0.199. The Bertz CT molecular complexity index is 670. The average molecular weight is 341 g/mol. The number of piperidine rings is 1. The van der Waals surface area contributed by atoms with Gasteiger partial charge in [-0.2, -0.15) is 0 Å². The third kappa shape index (κ3) is 2.18. The summed E-state index contributed by atoms with van der Waals surface area (Å²) in [6.45, 7) is 5.86. The van der Waals surface area contributed by atoms with Gasteiger partial charge in [-0.15, -0.1) is 0 Å². The van der Waals surface area contributed by atoms with Crippen molar-refractivity contribution in [3.05, 3.63) is 29.3 Å². The van der Waals surface area contributed by atoms with Crippen molar-refractivity contribution in [1.82, 2.24) is 4.90 Å². The molecule has 0 radical (unpaired) electrons. The molecule has 2 aliphatic heterocycles. The summed E-state index contributed by atoms with van der Waals surface area (Å²) in [7, 11) is 1.78. The fraction of sp³-hybridized carbons (Fsp3) is 0.727. The maximum Gasteiger partial charge on any atom is 0.119 e. The van der Waals surface area contributed by atoms with Gasteiger partial charge >= 0.3 is 0 Å². The van der Waals surface area contributed by atoms with Gasteiger partial charge in [0.05, 0.1) is 12.7 Å². The summed E-state index contributed by atoms with van der Waals surface area (Å²) in [5, 5.41) is 0. The van der Waals surface area contributed by atoms with Crippen molar-refractivity contribution < 1.29 is 9.47 Å². The lowest BCUT2D eigenvalue weighted by Gasteiger charge is -2.64. The van der Waals surface area contributed by atoms with Crippen LogP contribution in [-0.4, -0.2) is 43.3 Å². The molecule has 2 aliphatic carbocycles. The minimum Gasteiger partial charge on any atom is -0.497 e. The van der Waals surface area contributed by atoms with Crippen LogP contribution in [0.4, 0.5) is 0 Å². The van der Waals surface area contributed by atoms with E-state index in [4.69, 9.17) is 9.47 Å². The highest BCUT2D eigenvalue weighted by Gasteiger charge is 2.62. The van der Waals surface area contributed by atoms with Gasteiger partial charge in [-0.05, 0) is 81.2 Å². The Hall–Kier alpha value is -1.06. The molecule has 5 rings (SSSR count). The van der Waals surface area contributed by atoms with Gasteiger partial charge in [0.2, 0.25) is 0 Å². The molecule has 1 aromatic rings. The lowest BCUT2D eigenvalue weighted by atomic mass is 9.52. The van der Waals surface area contributed by atoms with Crippen LogP contribution in [0, 0.1) is 5.92 Å². The second-order valence-electron chi connectivity index (χ2n) is 8.93. The van der Waals surface area contributed by atoms with Crippen molar-refractivity contribution in [2.24, 2.45) is 5.92 Å². The highest BCUT2D eigenvalue weighted by molar-refractivity contribution is 5.48. The molecule has 2 heterocycles. The average Bonchev–Trinajstić information content (AvgIpc) is 2.59. The van der Waals surface area contributed by atoms with Crippen LogP contribution in [0.5, 0.6) is 5.75 Å². The predicted molar refractivity (Wildman–Crippen MR) is 99.3 cm³/mol. The Morgan fingerprint density at radius 3 is 2.88 bits per heavy atom. The first-order valence-corrected chi connectivity index (χ1v) is 10.2. The Morgan fingerprint density at radius 2 is 2.12 bits per heavy atom. The molecule has 0 unspecified atom stereocenters. The van der Waals surface area contributed by atoms with Crippen LogP contribution in [-0.2, 0) is 16.6 Å². The van der Waals surface area contributed by atoms with E-state index in [1.807, 2.05) is 0 Å². The fourth-order valence-corrected chi connectivity index (χ4v) is 6.27. The second kappa shape index (κ2) is 5.72. The van der Waals surface area contributed by atoms with Gasteiger partial charge in [0.25, 0.3) is 0 Å². The van der Waals surface area contributed by atoms with Gasteiger partial charge in [-0.1, -0.05) is 12.5 Å². The van der Waals surface area contributed by atoms with Crippen LogP contribution in [0.2, 0.25) is 0 Å². The third-order valence-corrected chi connectivity index (χ3v) is 7.97. The zero-order valence-corrected chi connectivity index (χ0v) is 15.7. The van der Waals surface area contributed by atoms with E-state index in [1.54, 1.807) is 7.11 Å². The predicted octanol–water partition coefficient (Wildman–Crippen LogP) is 3.93. The van der Waals surface area contributed by atoms with Gasteiger partial charge in [0.1, 0.15) is 5.75 Å². The number of nitrogens with zero attached hydrogens (tertiary/aromatic N) is 1. The maximum atomic E-state index is 6.64. The highest BCUT2D eigenvalue weighted by Crippen LogP contribution is 2.57. The van der Waals surface area contributed by atoms with E-state index in [1.165, 1.54) is 62.7 Å². The summed E-state index contributed by atoms with van der Waals surface area (Å²) >= 11 is 0. The number of fused-ring (bicyclic) bond motifs is 1. The summed E-state index contributed by atoms with van der Waals surface area (Å²) in [6, 6.07) is 7.32. The Labute approximate surface area is 151 Å². The lowest BCUT2D eigenvalue weighted by Crippen LogP contribution is -2.72. The highest BCUT2D eigenvalue weighted by atomic mass is 16.5. The molecular weight excluding hydrogens is 310 g/mol. The van der Waals surface area contributed by atoms with E-state index in [0.29, 0.717) is 6.04 Å². The van der Waals surface area contributed by atoms with Gasteiger partial charge in [0.15, 0.2) is 0 Å². The molecule has 0 spiro atoms. The fourth-order valence-electron chi connectivity index (χ4n) is 6.27. The summed E-state index contributed by atoms with van der Waals surface area (Å²) in [4.78, 5) is 2.79. The van der Waals surface area contributed by atoms with Crippen LogP contribution in [0.1, 0.15) is 56.6 Å². The number of hydrogen-bond acceptors (Lipinski definition) is 3. The molecular formula is C22H31NO2. The number of methoxy groups -OCH3 is 1. The monoisotopic (exact) mass is 341 g/mol. The van der Waals surface area contributed by atoms with E-state index in [2.05, 4.69) is 30.0 Å². The van der Waals surface area contributed by atoms with Gasteiger partial charge < -0.3 is 9.47 Å². The first-order valence-electron chi connectivity index (χ1n) is 10.2. The standard InChI is InChI=1S/C22H31NO2/c1-21-20-13-17-7-8-18(24-2)14-19(17)22(21,9-4-12-25-21)10-11-23(20)15-16-5-3-6-16/h7-8,14,16,20H,3-6,9-13,15H2,1-2H3/t20-,21+,22+/m1/s1. The molecule has 3 fully saturated rings. The minimum atomic E-state index is -0.0490. The molecule has 25 heavy (non-hydrogen) atoms. The molecule has 3 heteroatoms. The molecule has 0 aromatic heterocycles. The second-order valence-corrected chi connectivity index (χ2v) is 8.93. The smallest absolute Gasteiger partial charge is 0.119 e. The quantitative estimate of drug-likeness (QED) is 0.831. The first kappa shape index (κ1) is 16.1. The normalized spacial score (nSPS) is 37.8. The summed E-state index contributed by atoms with van der Waals surface area (Å²) in [6.07, 6.45) is 9.10. The Balaban J connectivity index is 1.58. The molecule has 4 aliphatic rings. The first-order chi connectivity index (χ1) is 12.2. The molecule has 1 saturated carbocycles. The summed E-state index contributed by atoms with van der Waals surface area (Å²) in [5.41, 5.74) is 3.18. The molecule has 2 saturated heterocycles. The number of rotatable bonds is 3. The van der Waals surface area contributed by atoms with E-state index >= 15 is 0 Å². The Kier molecular flexibility index (Phi) is 3.69. The number of hydrogen-bond donors (Lipinski definition) is 0. The van der Waals surface area contributed by atoms with Crippen LogP contribution >= 0.6 is 0 Å². The molecule has 0 N–H and O–H groups in total. The van der Waals surface area contributed by atoms with Crippen molar-refractivity contribution in [3.8, 4) is 5.75 Å². The van der Waals surface area contributed by atoms with Crippen LogP contribution in [0.3, 0.4) is 0 Å². The topological polar surface area (TPSA) is 21.7 Å². The Morgan fingerprint density at radius 1 is 1.24 bits per heavy atom. The van der Waals surface area contributed by atoms with Gasteiger partial charge in [0, 0.05) is 24.6 Å². The number of likely N-dealkylation sites (tertiary alicyclic amines) is 1. The minimum absolute atomic E-state index is 0.0490. The molecule has 3 atom stereocenters. The third-order valence-electron chi connectivity index (χ3n) is 7.97. The van der Waals surface area contributed by atoms with Crippen LogP contribution in [0.25, 0.3) is 0 Å². The van der Waals surface area contributed by atoms with E-state index in [-0.39, 0.29) is 11.0 Å². The van der Waals surface area contributed by atoms with Crippen LogP contribution in [0.15, 0.2) is 18.2 Å². The molecule has 0 amide bonds.